The predicted octanol–water partition coefficient (Wildman–Crippen LogP) is 4.16. The highest BCUT2D eigenvalue weighted by atomic mass is 35.5. The van der Waals surface area contributed by atoms with Gasteiger partial charge >= 0.3 is 0 Å². The molecule has 1 aromatic carbocycles. The molecule has 5 heteroatoms. The van der Waals surface area contributed by atoms with Crippen molar-refractivity contribution in [3.8, 4) is 11.4 Å². The minimum Gasteiger partial charge on any atom is -0.370 e. The summed E-state index contributed by atoms with van der Waals surface area (Å²) in [6.45, 7) is 5.39. The van der Waals surface area contributed by atoms with Crippen LogP contribution in [0.4, 0.5) is 5.82 Å². The normalized spacial score (nSPS) is 15.4. The first-order valence-corrected chi connectivity index (χ1v) is 9.21. The van der Waals surface area contributed by atoms with Gasteiger partial charge in [-0.2, -0.15) is 0 Å². The summed E-state index contributed by atoms with van der Waals surface area (Å²) < 4.78 is 0. The van der Waals surface area contributed by atoms with Crippen molar-refractivity contribution in [2.24, 2.45) is 5.92 Å². The second-order valence-corrected chi connectivity index (χ2v) is 6.84. The number of nitrogens with one attached hydrogen (secondary N) is 2. The van der Waals surface area contributed by atoms with E-state index in [2.05, 4.69) is 23.6 Å². The lowest BCUT2D eigenvalue weighted by Gasteiger charge is -2.23. The largest absolute Gasteiger partial charge is 0.370 e. The van der Waals surface area contributed by atoms with Gasteiger partial charge in [0, 0.05) is 28.9 Å². The quantitative estimate of drug-likeness (QED) is 0.826. The topological polar surface area (TPSA) is 49.8 Å². The number of aryl methyl sites for hydroxylation is 1. The van der Waals surface area contributed by atoms with Gasteiger partial charge in [0.05, 0.1) is 0 Å². The molecule has 2 aromatic rings. The van der Waals surface area contributed by atoms with Crippen LogP contribution in [0.2, 0.25) is 5.02 Å². The van der Waals surface area contributed by atoms with E-state index in [1.54, 1.807) is 0 Å². The number of hydrogen-bond acceptors (Lipinski definition) is 4. The van der Waals surface area contributed by atoms with Gasteiger partial charge in [-0.15, -0.1) is 0 Å². The van der Waals surface area contributed by atoms with Gasteiger partial charge in [0.1, 0.15) is 5.82 Å². The fraction of sp³-hybridized carbons (Fsp3) is 0.474. The molecule has 3 rings (SSSR count). The summed E-state index contributed by atoms with van der Waals surface area (Å²) in [4.78, 5) is 9.43. The Kier molecular flexibility index (Phi) is 6.05. The summed E-state index contributed by atoms with van der Waals surface area (Å²) in [5.41, 5.74) is 2.09. The van der Waals surface area contributed by atoms with Crippen molar-refractivity contribution >= 4 is 17.4 Å². The second kappa shape index (κ2) is 8.45. The molecular weight excluding hydrogens is 320 g/mol. The molecule has 0 radical (unpaired) electrons. The van der Waals surface area contributed by atoms with Gasteiger partial charge in [-0.1, -0.05) is 24.9 Å². The molecule has 0 amide bonds. The third kappa shape index (κ3) is 4.68. The molecule has 2 heterocycles. The number of aromatic nitrogens is 2. The fourth-order valence-electron chi connectivity index (χ4n) is 3.04. The molecule has 0 aliphatic carbocycles. The van der Waals surface area contributed by atoms with E-state index in [0.717, 1.165) is 66.3 Å². The zero-order valence-electron chi connectivity index (χ0n) is 14.2. The van der Waals surface area contributed by atoms with Crippen LogP contribution in [-0.4, -0.2) is 29.6 Å². The molecule has 2 N–H and O–H groups in total. The van der Waals surface area contributed by atoms with Gasteiger partial charge < -0.3 is 10.6 Å². The van der Waals surface area contributed by atoms with Crippen LogP contribution in [0.3, 0.4) is 0 Å². The first-order chi connectivity index (χ1) is 11.7. The van der Waals surface area contributed by atoms with Gasteiger partial charge in [-0.05, 0) is 62.5 Å². The van der Waals surface area contributed by atoms with Crippen LogP contribution < -0.4 is 10.6 Å². The Balaban J connectivity index is 1.78. The van der Waals surface area contributed by atoms with Gasteiger partial charge in [0.2, 0.25) is 0 Å². The number of rotatable bonds is 6. The van der Waals surface area contributed by atoms with Crippen LogP contribution in [0.1, 0.15) is 31.9 Å². The molecule has 1 aromatic heterocycles. The van der Waals surface area contributed by atoms with E-state index < -0.39 is 0 Å². The molecule has 1 aliphatic rings. The Morgan fingerprint density at radius 1 is 1.17 bits per heavy atom. The zero-order valence-corrected chi connectivity index (χ0v) is 14.9. The van der Waals surface area contributed by atoms with E-state index in [-0.39, 0.29) is 0 Å². The van der Waals surface area contributed by atoms with E-state index in [0.29, 0.717) is 0 Å². The zero-order chi connectivity index (χ0) is 16.8. The second-order valence-electron chi connectivity index (χ2n) is 6.40. The molecule has 24 heavy (non-hydrogen) atoms. The minimum absolute atomic E-state index is 0.717. The molecule has 0 bridgehead atoms. The third-order valence-corrected chi connectivity index (χ3v) is 4.67. The Morgan fingerprint density at radius 3 is 2.62 bits per heavy atom. The predicted molar refractivity (Wildman–Crippen MR) is 101 cm³/mol. The van der Waals surface area contributed by atoms with Crippen LogP contribution in [0, 0.1) is 5.92 Å². The molecule has 0 spiro atoms. The standard InChI is InChI=1S/C19H25ClN4/c1-2-3-17-12-18(22-13-14-8-10-21-11-9-14)24-19(23-17)15-4-6-16(20)7-5-15/h4-7,12,14,21H,2-3,8-11,13H2,1H3,(H,22,23,24). The molecule has 0 saturated carbocycles. The van der Waals surface area contributed by atoms with Crippen molar-refractivity contribution in [1.29, 1.82) is 0 Å². The van der Waals surface area contributed by atoms with Crippen LogP contribution in [0.5, 0.6) is 0 Å². The summed E-state index contributed by atoms with van der Waals surface area (Å²) in [7, 11) is 0. The average molecular weight is 345 g/mol. The van der Waals surface area contributed by atoms with Gasteiger partial charge in [-0.25, -0.2) is 9.97 Å². The first kappa shape index (κ1) is 17.2. The van der Waals surface area contributed by atoms with Crippen LogP contribution >= 0.6 is 11.6 Å². The van der Waals surface area contributed by atoms with E-state index in [4.69, 9.17) is 21.6 Å². The smallest absolute Gasteiger partial charge is 0.161 e. The molecule has 4 nitrogen and oxygen atoms in total. The van der Waals surface area contributed by atoms with Crippen molar-refractivity contribution < 1.29 is 0 Å². The lowest BCUT2D eigenvalue weighted by atomic mass is 9.98. The maximum Gasteiger partial charge on any atom is 0.161 e. The van der Waals surface area contributed by atoms with Crippen molar-refractivity contribution in [2.45, 2.75) is 32.6 Å². The Labute approximate surface area is 149 Å². The van der Waals surface area contributed by atoms with Gasteiger partial charge in [0.25, 0.3) is 0 Å². The summed E-state index contributed by atoms with van der Waals surface area (Å²) in [5.74, 6) is 2.41. The summed E-state index contributed by atoms with van der Waals surface area (Å²) in [6, 6.07) is 9.81. The summed E-state index contributed by atoms with van der Waals surface area (Å²) >= 11 is 5.99. The highest BCUT2D eigenvalue weighted by molar-refractivity contribution is 6.30. The highest BCUT2D eigenvalue weighted by Crippen LogP contribution is 2.21. The molecular formula is C19H25ClN4. The average Bonchev–Trinajstić information content (AvgIpc) is 2.62. The number of hydrogen-bond donors (Lipinski definition) is 2. The van der Waals surface area contributed by atoms with Crippen molar-refractivity contribution in [3.63, 3.8) is 0 Å². The van der Waals surface area contributed by atoms with Crippen molar-refractivity contribution in [2.75, 3.05) is 25.0 Å². The highest BCUT2D eigenvalue weighted by Gasteiger charge is 2.13. The fourth-order valence-corrected chi connectivity index (χ4v) is 3.16. The van der Waals surface area contributed by atoms with Crippen LogP contribution in [0.15, 0.2) is 30.3 Å². The number of benzene rings is 1. The lowest BCUT2D eigenvalue weighted by Crippen LogP contribution is -2.31. The first-order valence-electron chi connectivity index (χ1n) is 8.83. The van der Waals surface area contributed by atoms with Gasteiger partial charge in [-0.3, -0.25) is 0 Å². The molecule has 1 saturated heterocycles. The Hall–Kier alpha value is -1.65. The number of halogens is 1. The number of piperidine rings is 1. The van der Waals surface area contributed by atoms with Crippen molar-refractivity contribution in [1.82, 2.24) is 15.3 Å². The van der Waals surface area contributed by atoms with Crippen LogP contribution in [0.25, 0.3) is 11.4 Å². The monoisotopic (exact) mass is 344 g/mol. The Bertz CT molecular complexity index is 651. The Morgan fingerprint density at radius 2 is 1.92 bits per heavy atom. The number of nitrogens with zero attached hydrogens (tertiary/aromatic N) is 2. The molecule has 128 valence electrons. The summed E-state index contributed by atoms with van der Waals surface area (Å²) in [5, 5.41) is 7.67. The van der Waals surface area contributed by atoms with Crippen LogP contribution in [-0.2, 0) is 6.42 Å². The van der Waals surface area contributed by atoms with E-state index in [9.17, 15) is 0 Å². The van der Waals surface area contributed by atoms with E-state index in [1.807, 2.05) is 24.3 Å². The SMILES string of the molecule is CCCc1cc(NCC2CCNCC2)nc(-c2ccc(Cl)cc2)n1. The summed E-state index contributed by atoms with van der Waals surface area (Å²) in [6.07, 6.45) is 4.49. The molecule has 1 fully saturated rings. The molecule has 0 unspecified atom stereocenters. The molecule has 1 aliphatic heterocycles. The van der Waals surface area contributed by atoms with E-state index in [1.165, 1.54) is 12.8 Å². The molecule has 0 atom stereocenters. The number of anilines is 1. The maximum absolute atomic E-state index is 5.99. The lowest BCUT2D eigenvalue weighted by molar-refractivity contribution is 0.389. The van der Waals surface area contributed by atoms with Crippen molar-refractivity contribution in [3.05, 3.63) is 41.0 Å². The maximum atomic E-state index is 5.99. The third-order valence-electron chi connectivity index (χ3n) is 4.42. The van der Waals surface area contributed by atoms with Gasteiger partial charge in [0.15, 0.2) is 5.82 Å². The minimum atomic E-state index is 0.717. The van der Waals surface area contributed by atoms with E-state index >= 15 is 0 Å².